The van der Waals surface area contributed by atoms with Crippen LogP contribution in [0.5, 0.6) is 5.75 Å². The van der Waals surface area contributed by atoms with Crippen LogP contribution in [0.1, 0.15) is 5.82 Å². The van der Waals surface area contributed by atoms with Crippen molar-refractivity contribution >= 4 is 0 Å². The Balaban J connectivity index is 2.30. The van der Waals surface area contributed by atoms with E-state index in [0.717, 1.165) is 0 Å². The molecule has 17 heavy (non-hydrogen) atoms. The molecule has 0 unspecified atom stereocenters. The van der Waals surface area contributed by atoms with E-state index in [0.29, 0.717) is 11.3 Å². The van der Waals surface area contributed by atoms with Gasteiger partial charge in [-0.2, -0.15) is 13.2 Å². The topological polar surface area (TPSA) is 50.8 Å². The van der Waals surface area contributed by atoms with E-state index in [-0.39, 0.29) is 5.82 Å². The number of aromatic nitrogens is 3. The number of alkyl halides is 3. The minimum Gasteiger partial charge on any atom is -0.497 e. The highest BCUT2D eigenvalue weighted by Crippen LogP contribution is 2.27. The zero-order valence-corrected chi connectivity index (χ0v) is 8.75. The predicted molar refractivity (Wildman–Crippen MR) is 53.4 cm³/mol. The number of methoxy groups -OCH3 is 1. The average molecular weight is 243 g/mol. The van der Waals surface area contributed by atoms with Gasteiger partial charge < -0.3 is 4.74 Å². The van der Waals surface area contributed by atoms with Gasteiger partial charge in [0, 0.05) is 5.56 Å². The van der Waals surface area contributed by atoms with Gasteiger partial charge in [-0.05, 0) is 24.3 Å². The molecule has 0 atom stereocenters. The van der Waals surface area contributed by atoms with Gasteiger partial charge in [-0.3, -0.25) is 5.10 Å². The van der Waals surface area contributed by atoms with Crippen molar-refractivity contribution < 1.29 is 17.9 Å². The normalized spacial score (nSPS) is 11.5. The number of hydrogen-bond donors (Lipinski definition) is 1. The number of rotatable bonds is 2. The van der Waals surface area contributed by atoms with Gasteiger partial charge in [0.05, 0.1) is 7.11 Å². The summed E-state index contributed by atoms with van der Waals surface area (Å²) in [7, 11) is 1.51. The van der Waals surface area contributed by atoms with Crippen molar-refractivity contribution in [1.29, 1.82) is 0 Å². The lowest BCUT2D eigenvalue weighted by Gasteiger charge is -2.00. The molecule has 0 amide bonds. The third kappa shape index (κ3) is 2.38. The molecule has 2 rings (SSSR count). The SMILES string of the molecule is COc1ccc(-c2nc(C(F)(F)F)n[nH]2)cc1. The lowest BCUT2D eigenvalue weighted by molar-refractivity contribution is -0.144. The molecule has 0 fully saturated rings. The molecule has 0 aliphatic rings. The Morgan fingerprint density at radius 3 is 2.29 bits per heavy atom. The van der Waals surface area contributed by atoms with Crippen molar-refractivity contribution in [2.45, 2.75) is 6.18 Å². The highest BCUT2D eigenvalue weighted by molar-refractivity contribution is 5.55. The van der Waals surface area contributed by atoms with Crippen LogP contribution in [0.25, 0.3) is 11.4 Å². The van der Waals surface area contributed by atoms with Gasteiger partial charge in [-0.15, -0.1) is 5.10 Å². The van der Waals surface area contributed by atoms with Crippen molar-refractivity contribution in [3.05, 3.63) is 30.1 Å². The molecule has 0 saturated carbocycles. The number of H-pyrrole nitrogens is 1. The smallest absolute Gasteiger partial charge is 0.453 e. The molecule has 0 saturated heterocycles. The molecule has 0 aliphatic heterocycles. The van der Waals surface area contributed by atoms with Crippen LogP contribution in [0.3, 0.4) is 0 Å². The van der Waals surface area contributed by atoms with Gasteiger partial charge in [0.2, 0.25) is 0 Å². The van der Waals surface area contributed by atoms with Crippen LogP contribution >= 0.6 is 0 Å². The molecule has 90 valence electrons. The Morgan fingerprint density at radius 2 is 1.82 bits per heavy atom. The second-order valence-corrected chi connectivity index (χ2v) is 3.23. The van der Waals surface area contributed by atoms with E-state index >= 15 is 0 Å². The molecule has 1 aromatic carbocycles. The van der Waals surface area contributed by atoms with Gasteiger partial charge in [0.15, 0.2) is 5.82 Å². The monoisotopic (exact) mass is 243 g/mol. The zero-order chi connectivity index (χ0) is 12.5. The summed E-state index contributed by atoms with van der Waals surface area (Å²) in [6.07, 6.45) is -4.54. The first-order valence-electron chi connectivity index (χ1n) is 4.65. The van der Waals surface area contributed by atoms with Crippen LogP contribution in [0.2, 0.25) is 0 Å². The van der Waals surface area contributed by atoms with Crippen molar-refractivity contribution in [3.8, 4) is 17.1 Å². The van der Waals surface area contributed by atoms with Crippen LogP contribution in [0.4, 0.5) is 13.2 Å². The van der Waals surface area contributed by atoms with Gasteiger partial charge in [-0.25, -0.2) is 4.98 Å². The molecule has 0 spiro atoms. The molecule has 7 heteroatoms. The first-order chi connectivity index (χ1) is 8.00. The summed E-state index contributed by atoms with van der Waals surface area (Å²) in [6.45, 7) is 0. The van der Waals surface area contributed by atoms with Gasteiger partial charge in [0.25, 0.3) is 5.82 Å². The zero-order valence-electron chi connectivity index (χ0n) is 8.75. The van der Waals surface area contributed by atoms with Crippen LogP contribution in [0.15, 0.2) is 24.3 Å². The van der Waals surface area contributed by atoms with Crippen molar-refractivity contribution in [2.75, 3.05) is 7.11 Å². The Morgan fingerprint density at radius 1 is 1.18 bits per heavy atom. The average Bonchev–Trinajstić information content (AvgIpc) is 2.78. The van der Waals surface area contributed by atoms with E-state index in [1.165, 1.54) is 7.11 Å². The number of nitrogens with one attached hydrogen (secondary N) is 1. The molecule has 0 bridgehead atoms. The van der Waals surface area contributed by atoms with Crippen molar-refractivity contribution in [3.63, 3.8) is 0 Å². The number of nitrogens with zero attached hydrogens (tertiary/aromatic N) is 2. The molecule has 4 nitrogen and oxygen atoms in total. The first-order valence-corrected chi connectivity index (χ1v) is 4.65. The summed E-state index contributed by atoms with van der Waals surface area (Å²) in [5.41, 5.74) is 0.508. The predicted octanol–water partition coefficient (Wildman–Crippen LogP) is 2.50. The van der Waals surface area contributed by atoms with Crippen molar-refractivity contribution in [2.24, 2.45) is 0 Å². The van der Waals surface area contributed by atoms with Gasteiger partial charge >= 0.3 is 6.18 Å². The summed E-state index contributed by atoms with van der Waals surface area (Å²) < 4.78 is 41.8. The third-order valence-corrected chi connectivity index (χ3v) is 2.10. The molecular weight excluding hydrogens is 235 g/mol. The highest BCUT2D eigenvalue weighted by atomic mass is 19.4. The highest BCUT2D eigenvalue weighted by Gasteiger charge is 2.36. The van der Waals surface area contributed by atoms with Gasteiger partial charge in [-0.1, -0.05) is 0 Å². The van der Waals surface area contributed by atoms with E-state index in [4.69, 9.17) is 4.74 Å². The molecule has 2 aromatic rings. The molecule has 0 aliphatic carbocycles. The van der Waals surface area contributed by atoms with E-state index < -0.39 is 12.0 Å². The second kappa shape index (κ2) is 4.08. The molecule has 0 radical (unpaired) electrons. The van der Waals surface area contributed by atoms with Crippen LogP contribution in [0, 0.1) is 0 Å². The second-order valence-electron chi connectivity index (χ2n) is 3.23. The minimum atomic E-state index is -4.54. The molecular formula is C10H8F3N3O. The quantitative estimate of drug-likeness (QED) is 0.881. The van der Waals surface area contributed by atoms with E-state index in [1.807, 2.05) is 0 Å². The maximum absolute atomic E-state index is 12.3. The maximum atomic E-state index is 12.3. The third-order valence-electron chi connectivity index (χ3n) is 2.10. The lowest BCUT2D eigenvalue weighted by atomic mass is 10.2. The maximum Gasteiger partial charge on any atom is 0.453 e. The van der Waals surface area contributed by atoms with Crippen LogP contribution in [-0.2, 0) is 6.18 Å². The summed E-state index contributed by atoms with van der Waals surface area (Å²) in [5, 5.41) is 5.36. The summed E-state index contributed by atoms with van der Waals surface area (Å²) in [4.78, 5) is 3.37. The molecule has 1 heterocycles. The van der Waals surface area contributed by atoms with Crippen molar-refractivity contribution in [1.82, 2.24) is 15.2 Å². The number of hydrogen-bond acceptors (Lipinski definition) is 3. The van der Waals surface area contributed by atoms with E-state index in [1.54, 1.807) is 24.3 Å². The lowest BCUT2D eigenvalue weighted by Crippen LogP contribution is -2.07. The first kappa shape index (κ1) is 11.4. The Bertz CT molecular complexity index is 504. The fourth-order valence-electron chi connectivity index (χ4n) is 1.27. The molecule has 1 N–H and O–H groups in total. The van der Waals surface area contributed by atoms with E-state index in [2.05, 4.69) is 15.2 Å². The Kier molecular flexibility index (Phi) is 2.74. The largest absolute Gasteiger partial charge is 0.497 e. The fraction of sp³-hybridized carbons (Fsp3) is 0.200. The minimum absolute atomic E-state index is 0.0694. The molecule has 1 aromatic heterocycles. The summed E-state index contributed by atoms with van der Waals surface area (Å²) in [5.74, 6) is -0.493. The number of aromatic amines is 1. The Hall–Kier alpha value is -2.05. The van der Waals surface area contributed by atoms with Gasteiger partial charge in [0.1, 0.15) is 5.75 Å². The number of ether oxygens (including phenoxy) is 1. The van der Waals surface area contributed by atoms with E-state index in [9.17, 15) is 13.2 Å². The number of benzene rings is 1. The Labute approximate surface area is 94.4 Å². The summed E-state index contributed by atoms with van der Waals surface area (Å²) >= 11 is 0. The fourth-order valence-corrected chi connectivity index (χ4v) is 1.27. The number of halogens is 3. The summed E-state index contributed by atoms with van der Waals surface area (Å²) in [6, 6.07) is 6.45. The van der Waals surface area contributed by atoms with Crippen LogP contribution in [-0.4, -0.2) is 22.3 Å². The van der Waals surface area contributed by atoms with Crippen LogP contribution < -0.4 is 4.74 Å². The standard InChI is InChI=1S/C10H8F3N3O/c1-17-7-4-2-6(3-5-7)8-14-9(16-15-8)10(11,12)13/h2-5H,1H3,(H,14,15,16).